The summed E-state index contributed by atoms with van der Waals surface area (Å²) in [6, 6.07) is 17.4. The molecule has 0 aliphatic heterocycles. The standard InChI is InChI=1S/C20H26N2O3/c1-4-19(25-18-12-8-11-17(15-18)24-3)20(23)21-13-14-22(2)16-9-6-5-7-10-16/h5-12,15,19H,4,13-14H2,1-3H3,(H,21,23). The highest BCUT2D eigenvalue weighted by atomic mass is 16.5. The number of nitrogens with zero attached hydrogens (tertiary/aromatic N) is 1. The second-order valence-electron chi connectivity index (χ2n) is 5.74. The minimum Gasteiger partial charge on any atom is -0.497 e. The number of anilines is 1. The van der Waals surface area contributed by atoms with Crippen LogP contribution in [0.1, 0.15) is 13.3 Å². The second kappa shape index (κ2) is 9.57. The van der Waals surface area contributed by atoms with E-state index in [0.29, 0.717) is 24.5 Å². The van der Waals surface area contributed by atoms with E-state index in [1.54, 1.807) is 13.2 Å². The number of carbonyl (C=O) groups excluding carboxylic acids is 1. The average molecular weight is 342 g/mol. The van der Waals surface area contributed by atoms with Crippen LogP contribution in [0, 0.1) is 0 Å². The van der Waals surface area contributed by atoms with Gasteiger partial charge in [0, 0.05) is 31.9 Å². The van der Waals surface area contributed by atoms with E-state index in [1.807, 2.05) is 62.5 Å². The molecule has 0 bridgehead atoms. The van der Waals surface area contributed by atoms with Crippen LogP contribution in [0.4, 0.5) is 5.69 Å². The largest absolute Gasteiger partial charge is 0.497 e. The Hall–Kier alpha value is -2.69. The van der Waals surface area contributed by atoms with Gasteiger partial charge in [0.1, 0.15) is 11.5 Å². The van der Waals surface area contributed by atoms with Gasteiger partial charge in [-0.05, 0) is 30.7 Å². The molecule has 25 heavy (non-hydrogen) atoms. The minimum atomic E-state index is -0.519. The molecule has 0 fully saturated rings. The van der Waals surface area contributed by atoms with E-state index in [-0.39, 0.29) is 5.91 Å². The Labute approximate surface area is 149 Å². The Kier molecular flexibility index (Phi) is 7.14. The Morgan fingerprint density at radius 1 is 1.12 bits per heavy atom. The van der Waals surface area contributed by atoms with Crippen LogP contribution in [-0.4, -0.2) is 39.3 Å². The third-order valence-corrected chi connectivity index (χ3v) is 3.93. The van der Waals surface area contributed by atoms with Crippen molar-refractivity contribution in [1.82, 2.24) is 5.32 Å². The van der Waals surface area contributed by atoms with Crippen molar-refractivity contribution in [2.24, 2.45) is 0 Å². The molecule has 0 aliphatic carbocycles. The topological polar surface area (TPSA) is 50.8 Å². The van der Waals surface area contributed by atoms with Crippen LogP contribution in [0.3, 0.4) is 0 Å². The molecule has 5 heteroatoms. The Balaban J connectivity index is 1.83. The van der Waals surface area contributed by atoms with Gasteiger partial charge in [0.05, 0.1) is 7.11 Å². The number of hydrogen-bond donors (Lipinski definition) is 1. The lowest BCUT2D eigenvalue weighted by molar-refractivity contribution is -0.128. The van der Waals surface area contributed by atoms with Gasteiger partial charge >= 0.3 is 0 Å². The summed E-state index contributed by atoms with van der Waals surface area (Å²) in [5.41, 5.74) is 1.12. The van der Waals surface area contributed by atoms with Crippen molar-refractivity contribution in [1.29, 1.82) is 0 Å². The molecule has 1 N–H and O–H groups in total. The van der Waals surface area contributed by atoms with Crippen molar-refractivity contribution in [2.45, 2.75) is 19.4 Å². The number of carbonyl (C=O) groups is 1. The molecule has 0 aliphatic rings. The number of para-hydroxylation sites is 1. The summed E-state index contributed by atoms with van der Waals surface area (Å²) in [6.07, 6.45) is 0.0755. The van der Waals surface area contributed by atoms with Crippen molar-refractivity contribution in [3.05, 3.63) is 54.6 Å². The minimum absolute atomic E-state index is 0.105. The van der Waals surface area contributed by atoms with Gasteiger partial charge in [-0.1, -0.05) is 31.2 Å². The molecule has 0 heterocycles. The zero-order valence-electron chi connectivity index (χ0n) is 15.1. The van der Waals surface area contributed by atoms with E-state index in [4.69, 9.17) is 9.47 Å². The lowest BCUT2D eigenvalue weighted by Gasteiger charge is -2.21. The van der Waals surface area contributed by atoms with Crippen LogP contribution in [-0.2, 0) is 4.79 Å². The first-order valence-electron chi connectivity index (χ1n) is 8.48. The second-order valence-corrected chi connectivity index (χ2v) is 5.74. The SMILES string of the molecule is CCC(Oc1cccc(OC)c1)C(=O)NCCN(C)c1ccccc1. The van der Waals surface area contributed by atoms with Crippen LogP contribution in [0.15, 0.2) is 54.6 Å². The van der Waals surface area contributed by atoms with Crippen LogP contribution in [0.5, 0.6) is 11.5 Å². The molecule has 0 aromatic heterocycles. The molecule has 0 radical (unpaired) electrons. The molecule has 0 spiro atoms. The smallest absolute Gasteiger partial charge is 0.261 e. The predicted molar refractivity (Wildman–Crippen MR) is 100 cm³/mol. The molecule has 2 aromatic carbocycles. The molecule has 1 unspecified atom stereocenters. The Morgan fingerprint density at radius 3 is 2.52 bits per heavy atom. The van der Waals surface area contributed by atoms with E-state index in [2.05, 4.69) is 10.2 Å². The quantitative estimate of drug-likeness (QED) is 0.761. The number of amides is 1. The van der Waals surface area contributed by atoms with Crippen molar-refractivity contribution >= 4 is 11.6 Å². The molecular formula is C20H26N2O3. The Bertz CT molecular complexity index is 661. The summed E-state index contributed by atoms with van der Waals surface area (Å²) in [4.78, 5) is 14.5. The lowest BCUT2D eigenvalue weighted by atomic mass is 10.2. The van der Waals surface area contributed by atoms with Crippen molar-refractivity contribution in [3.8, 4) is 11.5 Å². The highest BCUT2D eigenvalue weighted by Gasteiger charge is 2.18. The zero-order chi connectivity index (χ0) is 18.1. The Morgan fingerprint density at radius 2 is 1.84 bits per heavy atom. The molecule has 2 aromatic rings. The maximum atomic E-state index is 12.4. The number of methoxy groups -OCH3 is 1. The molecule has 5 nitrogen and oxygen atoms in total. The van der Waals surface area contributed by atoms with E-state index in [9.17, 15) is 4.79 Å². The maximum Gasteiger partial charge on any atom is 0.261 e. The van der Waals surface area contributed by atoms with Crippen LogP contribution in [0.25, 0.3) is 0 Å². The van der Waals surface area contributed by atoms with Gasteiger partial charge in [0.15, 0.2) is 6.10 Å². The molecule has 1 amide bonds. The van der Waals surface area contributed by atoms with E-state index in [1.165, 1.54) is 0 Å². The van der Waals surface area contributed by atoms with Gasteiger partial charge in [-0.3, -0.25) is 4.79 Å². The van der Waals surface area contributed by atoms with Crippen LogP contribution < -0.4 is 19.7 Å². The summed E-state index contributed by atoms with van der Waals surface area (Å²) >= 11 is 0. The van der Waals surface area contributed by atoms with Crippen LogP contribution in [0.2, 0.25) is 0 Å². The van der Waals surface area contributed by atoms with Gasteiger partial charge in [0.2, 0.25) is 0 Å². The number of rotatable bonds is 9. The van der Waals surface area contributed by atoms with Gasteiger partial charge in [0.25, 0.3) is 5.91 Å². The van der Waals surface area contributed by atoms with E-state index >= 15 is 0 Å². The first-order valence-corrected chi connectivity index (χ1v) is 8.48. The van der Waals surface area contributed by atoms with Crippen molar-refractivity contribution in [3.63, 3.8) is 0 Å². The van der Waals surface area contributed by atoms with Crippen molar-refractivity contribution in [2.75, 3.05) is 32.1 Å². The van der Waals surface area contributed by atoms with Gasteiger partial charge < -0.3 is 19.7 Å². The number of ether oxygens (including phenoxy) is 2. The molecule has 134 valence electrons. The molecule has 0 saturated carbocycles. The number of benzene rings is 2. The first kappa shape index (κ1) is 18.6. The average Bonchev–Trinajstić information content (AvgIpc) is 2.66. The fraction of sp³-hybridized carbons (Fsp3) is 0.350. The highest BCUT2D eigenvalue weighted by Crippen LogP contribution is 2.20. The number of hydrogen-bond acceptors (Lipinski definition) is 4. The first-order chi connectivity index (χ1) is 12.1. The predicted octanol–water partition coefficient (Wildman–Crippen LogP) is 3.11. The molecule has 1 atom stereocenters. The van der Waals surface area contributed by atoms with Gasteiger partial charge in [-0.15, -0.1) is 0 Å². The monoisotopic (exact) mass is 342 g/mol. The molecule has 0 saturated heterocycles. The fourth-order valence-electron chi connectivity index (χ4n) is 2.43. The summed E-state index contributed by atoms with van der Waals surface area (Å²) in [6.45, 7) is 3.22. The van der Waals surface area contributed by atoms with Crippen molar-refractivity contribution < 1.29 is 14.3 Å². The zero-order valence-corrected chi connectivity index (χ0v) is 15.1. The normalized spacial score (nSPS) is 11.5. The lowest BCUT2D eigenvalue weighted by Crippen LogP contribution is -2.41. The summed E-state index contributed by atoms with van der Waals surface area (Å²) in [7, 11) is 3.61. The van der Waals surface area contributed by atoms with E-state index in [0.717, 1.165) is 12.2 Å². The van der Waals surface area contributed by atoms with Gasteiger partial charge in [-0.2, -0.15) is 0 Å². The maximum absolute atomic E-state index is 12.4. The van der Waals surface area contributed by atoms with E-state index < -0.39 is 6.10 Å². The molecular weight excluding hydrogens is 316 g/mol. The summed E-state index contributed by atoms with van der Waals surface area (Å²) in [5.74, 6) is 1.23. The fourth-order valence-corrected chi connectivity index (χ4v) is 2.43. The number of nitrogens with one attached hydrogen (secondary N) is 1. The third-order valence-electron chi connectivity index (χ3n) is 3.93. The molecule has 2 rings (SSSR count). The summed E-state index contributed by atoms with van der Waals surface area (Å²) < 4.78 is 11.0. The van der Waals surface area contributed by atoms with Crippen LogP contribution >= 0.6 is 0 Å². The summed E-state index contributed by atoms with van der Waals surface area (Å²) in [5, 5.41) is 2.95. The third kappa shape index (κ3) is 5.71. The number of likely N-dealkylation sites (N-methyl/N-ethyl adjacent to an activating group) is 1. The highest BCUT2D eigenvalue weighted by molar-refractivity contribution is 5.81. The van der Waals surface area contributed by atoms with Gasteiger partial charge in [-0.25, -0.2) is 0 Å².